The van der Waals surface area contributed by atoms with Crippen LogP contribution < -0.4 is 11.1 Å². The van der Waals surface area contributed by atoms with E-state index in [9.17, 15) is 9.18 Å². The lowest BCUT2D eigenvalue weighted by Crippen LogP contribution is -2.25. The lowest BCUT2D eigenvalue weighted by atomic mass is 10.1. The van der Waals surface area contributed by atoms with Gasteiger partial charge in [0.25, 0.3) is 0 Å². The van der Waals surface area contributed by atoms with E-state index in [0.29, 0.717) is 24.4 Å². The summed E-state index contributed by atoms with van der Waals surface area (Å²) in [6, 6.07) is 4.83. The Morgan fingerprint density at radius 2 is 2.29 bits per heavy atom. The molecule has 1 aromatic carbocycles. The van der Waals surface area contributed by atoms with Crippen molar-refractivity contribution in [2.45, 2.75) is 13.5 Å². The first-order valence-electron chi connectivity index (χ1n) is 5.43. The van der Waals surface area contributed by atoms with Crippen molar-refractivity contribution in [3.8, 4) is 0 Å². The molecule has 0 aromatic heterocycles. The molecule has 0 bridgehead atoms. The van der Waals surface area contributed by atoms with Crippen molar-refractivity contribution in [1.82, 2.24) is 5.32 Å². The van der Waals surface area contributed by atoms with Crippen LogP contribution >= 0.6 is 11.8 Å². The molecule has 0 atom stereocenters. The normalized spacial score (nSPS) is 10.3. The summed E-state index contributed by atoms with van der Waals surface area (Å²) >= 11 is 1.51. The fraction of sp³-hybridized carbons (Fsp3) is 0.417. The van der Waals surface area contributed by atoms with Gasteiger partial charge in [0, 0.05) is 18.8 Å². The Morgan fingerprint density at radius 1 is 1.53 bits per heavy atom. The van der Waals surface area contributed by atoms with Gasteiger partial charge in [0.05, 0.1) is 5.75 Å². The summed E-state index contributed by atoms with van der Waals surface area (Å²) in [7, 11) is 0. The maximum Gasteiger partial charge on any atom is 0.230 e. The van der Waals surface area contributed by atoms with Gasteiger partial charge in [-0.2, -0.15) is 11.8 Å². The number of amides is 1. The maximum atomic E-state index is 13.0. The molecule has 3 N–H and O–H groups in total. The van der Waals surface area contributed by atoms with Crippen molar-refractivity contribution in [2.24, 2.45) is 5.73 Å². The molecule has 1 amide bonds. The van der Waals surface area contributed by atoms with Crippen LogP contribution in [0.5, 0.6) is 0 Å². The molecule has 0 saturated carbocycles. The van der Waals surface area contributed by atoms with Crippen LogP contribution in [0.4, 0.5) is 4.39 Å². The van der Waals surface area contributed by atoms with Gasteiger partial charge in [-0.1, -0.05) is 12.1 Å². The number of hydrogen-bond donors (Lipinski definition) is 2. The van der Waals surface area contributed by atoms with Gasteiger partial charge in [-0.3, -0.25) is 4.79 Å². The zero-order valence-corrected chi connectivity index (χ0v) is 10.6. The van der Waals surface area contributed by atoms with Crippen molar-refractivity contribution >= 4 is 17.7 Å². The lowest BCUT2D eigenvalue weighted by molar-refractivity contribution is -0.118. The molecule has 3 nitrogen and oxygen atoms in total. The van der Waals surface area contributed by atoms with Crippen molar-refractivity contribution in [1.29, 1.82) is 0 Å². The van der Waals surface area contributed by atoms with Gasteiger partial charge >= 0.3 is 0 Å². The summed E-state index contributed by atoms with van der Waals surface area (Å²) in [4.78, 5) is 11.4. The molecule has 0 aliphatic rings. The summed E-state index contributed by atoms with van der Waals surface area (Å²) in [6.07, 6.45) is 0. The highest BCUT2D eigenvalue weighted by atomic mass is 32.2. The predicted octanol–water partition coefficient (Wildman–Crippen LogP) is 1.44. The van der Waals surface area contributed by atoms with Gasteiger partial charge in [-0.15, -0.1) is 0 Å². The molecule has 0 radical (unpaired) electrons. The molecule has 0 aliphatic heterocycles. The van der Waals surface area contributed by atoms with E-state index in [-0.39, 0.29) is 11.7 Å². The van der Waals surface area contributed by atoms with Crippen LogP contribution in [0.1, 0.15) is 11.1 Å². The molecule has 0 saturated heterocycles. The highest BCUT2D eigenvalue weighted by Crippen LogP contribution is 2.09. The number of rotatable bonds is 6. The molecular formula is C12H17FN2OS. The van der Waals surface area contributed by atoms with E-state index in [0.717, 1.165) is 11.3 Å². The smallest absolute Gasteiger partial charge is 0.230 e. The van der Waals surface area contributed by atoms with Crippen LogP contribution in [0, 0.1) is 12.7 Å². The van der Waals surface area contributed by atoms with E-state index in [1.807, 2.05) is 0 Å². The number of nitrogens with two attached hydrogens (primary N) is 1. The van der Waals surface area contributed by atoms with Gasteiger partial charge < -0.3 is 11.1 Å². The number of carbonyl (C=O) groups excluding carboxylic acids is 1. The second kappa shape index (κ2) is 7.29. The Bertz CT molecular complexity index is 385. The Labute approximate surface area is 105 Å². The van der Waals surface area contributed by atoms with Gasteiger partial charge in [-0.25, -0.2) is 4.39 Å². The Hall–Kier alpha value is -1.07. The zero-order valence-electron chi connectivity index (χ0n) is 9.83. The van der Waals surface area contributed by atoms with Gasteiger partial charge in [-0.05, 0) is 24.1 Å². The Morgan fingerprint density at radius 3 is 2.94 bits per heavy atom. The second-order valence-electron chi connectivity index (χ2n) is 3.70. The fourth-order valence-electron chi connectivity index (χ4n) is 1.32. The lowest BCUT2D eigenvalue weighted by Gasteiger charge is -2.06. The summed E-state index contributed by atoms with van der Waals surface area (Å²) < 4.78 is 13.0. The third kappa shape index (κ3) is 5.19. The molecule has 0 unspecified atom stereocenters. The van der Waals surface area contributed by atoms with Crippen LogP contribution in [0.15, 0.2) is 18.2 Å². The minimum atomic E-state index is -0.224. The SMILES string of the molecule is Cc1cc(CNC(=O)CSCCN)ccc1F. The van der Waals surface area contributed by atoms with Crippen molar-refractivity contribution in [2.75, 3.05) is 18.1 Å². The predicted molar refractivity (Wildman–Crippen MR) is 69.4 cm³/mol. The fourth-order valence-corrected chi connectivity index (χ4v) is 1.92. The molecule has 17 heavy (non-hydrogen) atoms. The highest BCUT2D eigenvalue weighted by Gasteiger charge is 2.02. The van der Waals surface area contributed by atoms with Crippen LogP contribution in [0.3, 0.4) is 0 Å². The minimum absolute atomic E-state index is 0.0228. The quantitative estimate of drug-likeness (QED) is 0.757. The molecule has 0 fully saturated rings. The highest BCUT2D eigenvalue weighted by molar-refractivity contribution is 7.99. The molecule has 1 aromatic rings. The average molecular weight is 256 g/mol. The number of halogens is 1. The third-order valence-electron chi connectivity index (χ3n) is 2.21. The molecular weight excluding hydrogens is 239 g/mol. The molecule has 0 spiro atoms. The second-order valence-corrected chi connectivity index (χ2v) is 4.81. The molecule has 94 valence electrons. The van der Waals surface area contributed by atoms with E-state index in [4.69, 9.17) is 5.73 Å². The number of benzene rings is 1. The van der Waals surface area contributed by atoms with Gasteiger partial charge in [0.2, 0.25) is 5.91 Å². The summed E-state index contributed by atoms with van der Waals surface area (Å²) in [6.45, 7) is 2.72. The van der Waals surface area contributed by atoms with Crippen molar-refractivity contribution in [3.63, 3.8) is 0 Å². The molecule has 0 aliphatic carbocycles. The monoisotopic (exact) mass is 256 g/mol. The van der Waals surface area contributed by atoms with Gasteiger partial charge in [0.1, 0.15) is 5.82 Å². The van der Waals surface area contributed by atoms with Crippen LogP contribution in [0.25, 0.3) is 0 Å². The first kappa shape index (κ1) is 14.0. The van der Waals surface area contributed by atoms with Gasteiger partial charge in [0.15, 0.2) is 0 Å². The molecule has 1 rings (SSSR count). The number of thioether (sulfide) groups is 1. The Balaban J connectivity index is 2.34. The minimum Gasteiger partial charge on any atom is -0.351 e. The van der Waals surface area contributed by atoms with Crippen LogP contribution in [0.2, 0.25) is 0 Å². The number of aryl methyl sites for hydroxylation is 1. The maximum absolute atomic E-state index is 13.0. The first-order chi connectivity index (χ1) is 8.13. The standard InChI is InChI=1S/C12H17FN2OS/c1-9-6-10(2-3-11(9)13)7-15-12(16)8-17-5-4-14/h2-3,6H,4-5,7-8,14H2,1H3,(H,15,16). The van der Waals surface area contributed by atoms with E-state index < -0.39 is 0 Å². The zero-order chi connectivity index (χ0) is 12.7. The van der Waals surface area contributed by atoms with Crippen molar-refractivity contribution in [3.05, 3.63) is 35.1 Å². The Kier molecular flexibility index (Phi) is 6.00. The van der Waals surface area contributed by atoms with E-state index >= 15 is 0 Å². The van der Waals surface area contributed by atoms with E-state index in [2.05, 4.69) is 5.32 Å². The van der Waals surface area contributed by atoms with Crippen LogP contribution in [-0.4, -0.2) is 24.0 Å². The van der Waals surface area contributed by atoms with E-state index in [1.54, 1.807) is 19.1 Å². The topological polar surface area (TPSA) is 55.1 Å². The molecule has 0 heterocycles. The largest absolute Gasteiger partial charge is 0.351 e. The molecule has 5 heteroatoms. The van der Waals surface area contributed by atoms with Crippen molar-refractivity contribution < 1.29 is 9.18 Å². The van der Waals surface area contributed by atoms with E-state index in [1.165, 1.54) is 17.8 Å². The number of nitrogens with one attached hydrogen (secondary N) is 1. The number of hydrogen-bond acceptors (Lipinski definition) is 3. The number of carbonyl (C=O) groups is 1. The first-order valence-corrected chi connectivity index (χ1v) is 6.58. The summed E-state index contributed by atoms with van der Waals surface area (Å²) in [5, 5.41) is 2.78. The summed E-state index contributed by atoms with van der Waals surface area (Å²) in [5.74, 6) is 0.949. The van der Waals surface area contributed by atoms with Crippen LogP contribution in [-0.2, 0) is 11.3 Å². The summed E-state index contributed by atoms with van der Waals surface area (Å²) in [5.41, 5.74) is 6.82. The third-order valence-corrected chi connectivity index (χ3v) is 3.20. The average Bonchev–Trinajstić information content (AvgIpc) is 2.31.